The minimum atomic E-state index is -0.170. The van der Waals surface area contributed by atoms with Crippen LogP contribution in [0.25, 0.3) is 16.6 Å². The second-order valence-corrected chi connectivity index (χ2v) is 8.43. The topological polar surface area (TPSA) is 64.0 Å². The zero-order valence-electron chi connectivity index (χ0n) is 16.7. The van der Waals surface area contributed by atoms with Crippen molar-refractivity contribution in [3.05, 3.63) is 63.4 Å². The Labute approximate surface area is 179 Å². The van der Waals surface area contributed by atoms with Gasteiger partial charge in [-0.1, -0.05) is 62.3 Å². The largest absolute Gasteiger partial charge is 0.355 e. The fourth-order valence-electron chi connectivity index (χ4n) is 3.07. The second kappa shape index (κ2) is 9.46. The molecule has 3 rings (SSSR count). The average molecular weight is 430 g/mol. The van der Waals surface area contributed by atoms with Gasteiger partial charge in [0.2, 0.25) is 5.91 Å². The third-order valence-electron chi connectivity index (χ3n) is 4.50. The number of thioether (sulfide) groups is 1. The summed E-state index contributed by atoms with van der Waals surface area (Å²) in [6.07, 6.45) is 0.871. The molecule has 0 fully saturated rings. The summed E-state index contributed by atoms with van der Waals surface area (Å²) in [6, 6.07) is 12.9. The number of hydrogen-bond acceptors (Lipinski definition) is 4. The number of para-hydroxylation sites is 1. The van der Waals surface area contributed by atoms with E-state index in [2.05, 4.69) is 24.1 Å². The third-order valence-corrected chi connectivity index (χ3v) is 5.68. The third kappa shape index (κ3) is 4.82. The lowest BCUT2D eigenvalue weighted by Crippen LogP contribution is -2.27. The van der Waals surface area contributed by atoms with Crippen LogP contribution in [0.1, 0.15) is 38.7 Å². The fourth-order valence-corrected chi connectivity index (χ4v) is 4.07. The second-order valence-electron chi connectivity index (χ2n) is 7.05. The van der Waals surface area contributed by atoms with Crippen LogP contribution in [0.5, 0.6) is 0 Å². The van der Waals surface area contributed by atoms with Crippen molar-refractivity contribution in [2.24, 2.45) is 0 Å². The Balaban J connectivity index is 2.16. The lowest BCUT2D eigenvalue weighted by Gasteiger charge is -2.18. The number of benzene rings is 2. The maximum Gasteiger partial charge on any atom is 0.266 e. The van der Waals surface area contributed by atoms with Crippen LogP contribution in [-0.2, 0) is 4.79 Å². The van der Waals surface area contributed by atoms with Crippen LogP contribution in [0.2, 0.25) is 5.02 Å². The van der Waals surface area contributed by atoms with Gasteiger partial charge in [0.1, 0.15) is 0 Å². The van der Waals surface area contributed by atoms with Crippen LogP contribution in [0.4, 0.5) is 0 Å². The lowest BCUT2D eigenvalue weighted by atomic mass is 10.0. The highest BCUT2D eigenvalue weighted by Crippen LogP contribution is 2.27. The number of fused-ring (bicyclic) bond motifs is 1. The molecule has 0 aliphatic carbocycles. The molecule has 0 radical (unpaired) electrons. The molecule has 3 aromatic rings. The van der Waals surface area contributed by atoms with Crippen molar-refractivity contribution in [2.75, 3.05) is 12.3 Å². The van der Waals surface area contributed by atoms with Crippen molar-refractivity contribution < 1.29 is 4.79 Å². The summed E-state index contributed by atoms with van der Waals surface area (Å²) in [5.74, 6) is 0.327. The smallest absolute Gasteiger partial charge is 0.266 e. The number of carbonyl (C=O) groups is 1. The molecular weight excluding hydrogens is 406 g/mol. The van der Waals surface area contributed by atoms with Gasteiger partial charge in [-0.25, -0.2) is 4.98 Å². The van der Waals surface area contributed by atoms with E-state index in [9.17, 15) is 9.59 Å². The van der Waals surface area contributed by atoms with Crippen LogP contribution >= 0.6 is 23.4 Å². The van der Waals surface area contributed by atoms with Crippen LogP contribution in [-0.4, -0.2) is 27.8 Å². The van der Waals surface area contributed by atoms with E-state index in [1.807, 2.05) is 31.2 Å². The average Bonchev–Trinajstić information content (AvgIpc) is 2.70. The van der Waals surface area contributed by atoms with Crippen LogP contribution in [0, 0.1) is 0 Å². The van der Waals surface area contributed by atoms with Gasteiger partial charge in [0.15, 0.2) is 5.16 Å². The number of aromatic nitrogens is 2. The highest BCUT2D eigenvalue weighted by atomic mass is 35.5. The maximum absolute atomic E-state index is 13.4. The molecule has 0 spiro atoms. The van der Waals surface area contributed by atoms with E-state index in [0.717, 1.165) is 17.7 Å². The Morgan fingerprint density at radius 1 is 1.24 bits per heavy atom. The molecule has 0 saturated heterocycles. The highest BCUT2D eigenvalue weighted by molar-refractivity contribution is 7.99. The van der Waals surface area contributed by atoms with Crippen molar-refractivity contribution in [3.8, 4) is 5.69 Å². The number of nitrogens with one attached hydrogen (secondary N) is 1. The number of rotatable bonds is 7. The standard InChI is InChI=1S/C22H24ClN3O2S/c1-4-11-24-20(27)13-29-22-25-18-12-15(23)9-10-17(18)21(28)26(22)19-8-6-5-7-16(19)14(2)3/h5-10,12,14H,4,11,13H2,1-3H3,(H,24,27). The highest BCUT2D eigenvalue weighted by Gasteiger charge is 2.18. The molecule has 152 valence electrons. The summed E-state index contributed by atoms with van der Waals surface area (Å²) in [4.78, 5) is 30.2. The summed E-state index contributed by atoms with van der Waals surface area (Å²) < 4.78 is 1.61. The van der Waals surface area contributed by atoms with Gasteiger partial charge < -0.3 is 5.32 Å². The van der Waals surface area contributed by atoms with E-state index < -0.39 is 0 Å². The molecule has 0 bridgehead atoms. The summed E-state index contributed by atoms with van der Waals surface area (Å²) in [5.41, 5.74) is 2.18. The molecule has 0 atom stereocenters. The van der Waals surface area contributed by atoms with Crippen LogP contribution in [0.15, 0.2) is 52.4 Å². The Morgan fingerprint density at radius 3 is 2.72 bits per heavy atom. The molecule has 0 unspecified atom stereocenters. The molecule has 29 heavy (non-hydrogen) atoms. The summed E-state index contributed by atoms with van der Waals surface area (Å²) in [7, 11) is 0. The Morgan fingerprint density at radius 2 is 2.00 bits per heavy atom. The SMILES string of the molecule is CCCNC(=O)CSc1nc2cc(Cl)ccc2c(=O)n1-c1ccccc1C(C)C. The molecule has 0 aliphatic heterocycles. The summed E-state index contributed by atoms with van der Waals surface area (Å²) in [5, 5.41) is 4.34. The number of halogens is 1. The van der Waals surface area contributed by atoms with Gasteiger partial charge in [-0.05, 0) is 42.2 Å². The number of hydrogen-bond donors (Lipinski definition) is 1. The number of amides is 1. The molecule has 2 aromatic carbocycles. The predicted molar refractivity (Wildman–Crippen MR) is 120 cm³/mol. The Hall–Kier alpha value is -2.31. The van der Waals surface area contributed by atoms with Gasteiger partial charge >= 0.3 is 0 Å². The van der Waals surface area contributed by atoms with Crippen LogP contribution < -0.4 is 10.9 Å². The molecular formula is C22H24ClN3O2S. The van der Waals surface area contributed by atoms with Crippen molar-refractivity contribution in [2.45, 2.75) is 38.3 Å². The van der Waals surface area contributed by atoms with Gasteiger partial charge in [-0.2, -0.15) is 0 Å². The van der Waals surface area contributed by atoms with Crippen molar-refractivity contribution in [1.82, 2.24) is 14.9 Å². The molecule has 7 heteroatoms. The van der Waals surface area contributed by atoms with Gasteiger partial charge in [-0.15, -0.1) is 0 Å². The molecule has 1 aromatic heterocycles. The quantitative estimate of drug-likeness (QED) is 0.433. The maximum atomic E-state index is 13.4. The first-order chi connectivity index (χ1) is 13.9. The van der Waals surface area contributed by atoms with E-state index >= 15 is 0 Å². The first-order valence-electron chi connectivity index (χ1n) is 9.63. The van der Waals surface area contributed by atoms with Crippen molar-refractivity contribution in [3.63, 3.8) is 0 Å². The molecule has 1 N–H and O–H groups in total. The zero-order chi connectivity index (χ0) is 21.0. The van der Waals surface area contributed by atoms with Gasteiger partial charge in [0.25, 0.3) is 5.56 Å². The van der Waals surface area contributed by atoms with Gasteiger partial charge in [0.05, 0.1) is 22.3 Å². The van der Waals surface area contributed by atoms with E-state index in [1.54, 1.807) is 22.8 Å². The first kappa shape index (κ1) is 21.4. The van der Waals surface area contributed by atoms with Crippen LogP contribution in [0.3, 0.4) is 0 Å². The van der Waals surface area contributed by atoms with E-state index in [-0.39, 0.29) is 23.1 Å². The molecule has 1 amide bonds. The van der Waals surface area contributed by atoms with E-state index in [4.69, 9.17) is 11.6 Å². The molecule has 0 aliphatic rings. The molecule has 1 heterocycles. The monoisotopic (exact) mass is 429 g/mol. The van der Waals surface area contributed by atoms with Gasteiger partial charge in [-0.3, -0.25) is 14.2 Å². The molecule has 5 nitrogen and oxygen atoms in total. The Kier molecular flexibility index (Phi) is 6.98. The van der Waals surface area contributed by atoms with E-state index in [1.165, 1.54) is 11.8 Å². The normalized spacial score (nSPS) is 11.2. The minimum Gasteiger partial charge on any atom is -0.355 e. The van der Waals surface area contributed by atoms with Crippen molar-refractivity contribution in [1.29, 1.82) is 0 Å². The molecule has 0 saturated carbocycles. The van der Waals surface area contributed by atoms with E-state index in [0.29, 0.717) is 27.6 Å². The Bertz CT molecular complexity index is 1100. The summed E-state index contributed by atoms with van der Waals surface area (Å²) in [6.45, 7) is 6.80. The fraction of sp³-hybridized carbons (Fsp3) is 0.318. The first-order valence-corrected chi connectivity index (χ1v) is 11.0. The predicted octanol–water partition coefficient (Wildman–Crippen LogP) is 4.78. The van der Waals surface area contributed by atoms with Gasteiger partial charge in [0, 0.05) is 11.6 Å². The number of nitrogens with zero attached hydrogens (tertiary/aromatic N) is 2. The minimum absolute atomic E-state index is 0.0824. The number of carbonyl (C=O) groups excluding carboxylic acids is 1. The summed E-state index contributed by atoms with van der Waals surface area (Å²) >= 11 is 7.36. The van der Waals surface area contributed by atoms with Crippen molar-refractivity contribution >= 4 is 40.2 Å². The lowest BCUT2D eigenvalue weighted by molar-refractivity contribution is -0.118. The zero-order valence-corrected chi connectivity index (χ0v) is 18.3.